The van der Waals surface area contributed by atoms with Gasteiger partial charge in [-0.2, -0.15) is 8.42 Å². The number of ether oxygens (including phenoxy) is 2. The minimum atomic E-state index is -4.02. The first-order valence-electron chi connectivity index (χ1n) is 10.6. The third-order valence-electron chi connectivity index (χ3n) is 6.04. The summed E-state index contributed by atoms with van der Waals surface area (Å²) in [5.41, 5.74) is 2.80. The summed E-state index contributed by atoms with van der Waals surface area (Å²) in [6.07, 6.45) is 0. The Morgan fingerprint density at radius 1 is 1.00 bits per heavy atom. The maximum atomic E-state index is 10.5. The van der Waals surface area contributed by atoms with Crippen molar-refractivity contribution in [3.63, 3.8) is 0 Å². The largest absolute Gasteiger partial charge is 0.454 e. The van der Waals surface area contributed by atoms with Crippen LogP contribution in [0.3, 0.4) is 0 Å². The van der Waals surface area contributed by atoms with Crippen LogP contribution < -0.4 is 19.7 Å². The molecule has 2 saturated heterocycles. The lowest BCUT2D eigenvalue weighted by molar-refractivity contribution is 0.174. The van der Waals surface area contributed by atoms with Crippen LogP contribution in [0.4, 0.5) is 5.82 Å². The average Bonchev–Trinajstić information content (AvgIpc) is 3.38. The van der Waals surface area contributed by atoms with E-state index in [4.69, 9.17) is 14.0 Å². The van der Waals surface area contributed by atoms with Crippen molar-refractivity contribution in [3.8, 4) is 22.8 Å². The first-order chi connectivity index (χ1) is 15.9. The highest BCUT2D eigenvalue weighted by molar-refractivity contribution is 7.85. The number of benzene rings is 2. The molecule has 33 heavy (non-hydrogen) atoms. The lowest BCUT2D eigenvalue weighted by Crippen LogP contribution is -2.51. The molecular formula is C23H24N4O5S. The maximum Gasteiger partial charge on any atom is 0.294 e. The summed E-state index contributed by atoms with van der Waals surface area (Å²) in [6, 6.07) is 16.5. The summed E-state index contributed by atoms with van der Waals surface area (Å²) >= 11 is 0. The number of aromatic nitrogens is 2. The average molecular weight is 469 g/mol. The van der Waals surface area contributed by atoms with E-state index >= 15 is 0 Å². The molecule has 0 unspecified atom stereocenters. The molecule has 4 heterocycles. The predicted molar refractivity (Wildman–Crippen MR) is 122 cm³/mol. The molecule has 0 aliphatic carbocycles. The van der Waals surface area contributed by atoms with E-state index in [2.05, 4.69) is 26.5 Å². The van der Waals surface area contributed by atoms with Crippen LogP contribution in [-0.2, 0) is 10.1 Å². The van der Waals surface area contributed by atoms with E-state index < -0.39 is 10.1 Å². The minimum Gasteiger partial charge on any atom is -0.454 e. The summed E-state index contributed by atoms with van der Waals surface area (Å²) < 4.78 is 40.3. The van der Waals surface area contributed by atoms with Crippen LogP contribution in [-0.4, -0.2) is 55.6 Å². The number of fused-ring (bicyclic) bond motifs is 2. The number of nitrogens with zero attached hydrogens (tertiary/aromatic N) is 3. The lowest BCUT2D eigenvalue weighted by atomic mass is 9.96. The normalized spacial score (nSPS) is 20.5. The number of anilines is 1. The van der Waals surface area contributed by atoms with E-state index in [-0.39, 0.29) is 11.7 Å². The van der Waals surface area contributed by atoms with Gasteiger partial charge in [-0.15, -0.1) is 10.2 Å². The van der Waals surface area contributed by atoms with Gasteiger partial charge in [0.2, 0.25) is 6.79 Å². The van der Waals surface area contributed by atoms with E-state index in [0.717, 1.165) is 59.7 Å². The number of rotatable bonds is 3. The highest BCUT2D eigenvalue weighted by atomic mass is 32.2. The highest BCUT2D eigenvalue weighted by Gasteiger charge is 2.39. The van der Waals surface area contributed by atoms with Gasteiger partial charge < -0.3 is 19.7 Å². The van der Waals surface area contributed by atoms with E-state index in [9.17, 15) is 8.42 Å². The number of nitrogens with one attached hydrogen (secondary N) is 1. The van der Waals surface area contributed by atoms with Crippen molar-refractivity contribution < 1.29 is 22.4 Å². The van der Waals surface area contributed by atoms with Gasteiger partial charge in [0.1, 0.15) is 0 Å². The zero-order valence-electron chi connectivity index (χ0n) is 18.0. The molecular weight excluding hydrogens is 444 g/mol. The van der Waals surface area contributed by atoms with Crippen molar-refractivity contribution >= 4 is 15.9 Å². The van der Waals surface area contributed by atoms with Gasteiger partial charge in [0.15, 0.2) is 17.3 Å². The Balaban J connectivity index is 0.000000177. The van der Waals surface area contributed by atoms with E-state index in [1.807, 2.05) is 31.2 Å². The van der Waals surface area contributed by atoms with Gasteiger partial charge in [0, 0.05) is 37.2 Å². The molecule has 10 heteroatoms. The standard InChI is InChI=1S/C16H16N4O2.C7H8O3S/c1-3-14-15(22-9-21-14)5-10(1)12-2-4-16(19-18-12)20-7-11-6-17-13(11)8-20;1-6-2-4-7(5-3-6)11(8,9)10/h1-5,11,13,17H,6-9H2;2-5H,1H3,(H,8,9,10)/t11-,13+;/m1./s1. The topological polar surface area (TPSA) is 114 Å². The smallest absolute Gasteiger partial charge is 0.294 e. The number of hydrogen-bond acceptors (Lipinski definition) is 8. The summed E-state index contributed by atoms with van der Waals surface area (Å²) in [6.45, 7) is 5.37. The molecule has 0 saturated carbocycles. The molecule has 3 aromatic rings. The van der Waals surface area contributed by atoms with Crippen LogP contribution in [0.2, 0.25) is 0 Å². The molecule has 6 rings (SSSR count). The molecule has 2 N–H and O–H groups in total. The second-order valence-electron chi connectivity index (χ2n) is 8.31. The van der Waals surface area contributed by atoms with Crippen molar-refractivity contribution in [1.29, 1.82) is 0 Å². The quantitative estimate of drug-likeness (QED) is 0.560. The fourth-order valence-electron chi connectivity index (χ4n) is 4.05. The Morgan fingerprint density at radius 3 is 2.39 bits per heavy atom. The molecule has 9 nitrogen and oxygen atoms in total. The van der Waals surface area contributed by atoms with Crippen LogP contribution >= 0.6 is 0 Å². The Bertz CT molecular complexity index is 1240. The van der Waals surface area contributed by atoms with Gasteiger partial charge >= 0.3 is 0 Å². The van der Waals surface area contributed by atoms with Crippen molar-refractivity contribution in [1.82, 2.24) is 15.5 Å². The fraction of sp³-hybridized carbons (Fsp3) is 0.304. The molecule has 0 radical (unpaired) electrons. The van der Waals surface area contributed by atoms with Crippen molar-refractivity contribution in [2.75, 3.05) is 31.3 Å². The SMILES string of the molecule is Cc1ccc(S(=O)(=O)O)cc1.c1cc2c(cc1-c1ccc(N3C[C@H]4CN[C@H]4C3)nn1)OCO2. The molecule has 1 aromatic heterocycles. The van der Waals surface area contributed by atoms with Crippen LogP contribution in [0.15, 0.2) is 59.5 Å². The summed E-state index contributed by atoms with van der Waals surface area (Å²) in [5, 5.41) is 12.2. The number of aryl methyl sites for hydroxylation is 1. The van der Waals surface area contributed by atoms with Gasteiger partial charge in [0.05, 0.1) is 10.6 Å². The van der Waals surface area contributed by atoms with Crippen molar-refractivity contribution in [2.45, 2.75) is 17.9 Å². The number of hydrogen-bond donors (Lipinski definition) is 2. The second-order valence-corrected chi connectivity index (χ2v) is 9.73. The molecule has 2 aromatic carbocycles. The van der Waals surface area contributed by atoms with Gasteiger partial charge in [-0.3, -0.25) is 4.55 Å². The van der Waals surface area contributed by atoms with Gasteiger partial charge in [-0.25, -0.2) is 0 Å². The molecule has 0 bridgehead atoms. The zero-order chi connectivity index (χ0) is 23.0. The molecule has 0 amide bonds. The highest BCUT2D eigenvalue weighted by Crippen LogP contribution is 2.35. The van der Waals surface area contributed by atoms with Gasteiger partial charge in [-0.05, 0) is 49.4 Å². The fourth-order valence-corrected chi connectivity index (χ4v) is 4.53. The summed E-state index contributed by atoms with van der Waals surface area (Å²) in [5.74, 6) is 3.29. The van der Waals surface area contributed by atoms with E-state index in [1.54, 1.807) is 12.1 Å². The molecule has 172 valence electrons. The van der Waals surface area contributed by atoms with Gasteiger partial charge in [-0.1, -0.05) is 17.7 Å². The van der Waals surface area contributed by atoms with E-state index in [1.165, 1.54) is 12.1 Å². The zero-order valence-corrected chi connectivity index (χ0v) is 18.8. The Kier molecular flexibility index (Phi) is 5.65. The first kappa shape index (κ1) is 21.6. The monoisotopic (exact) mass is 468 g/mol. The van der Waals surface area contributed by atoms with Crippen LogP contribution in [0.5, 0.6) is 11.5 Å². The van der Waals surface area contributed by atoms with Crippen molar-refractivity contribution in [2.24, 2.45) is 5.92 Å². The van der Waals surface area contributed by atoms with E-state index in [0.29, 0.717) is 6.04 Å². The van der Waals surface area contributed by atoms with Crippen LogP contribution in [0.25, 0.3) is 11.3 Å². The molecule has 0 spiro atoms. The van der Waals surface area contributed by atoms with Crippen molar-refractivity contribution in [3.05, 3.63) is 60.2 Å². The molecule has 2 atom stereocenters. The Labute approximate surface area is 192 Å². The Hall–Kier alpha value is -3.21. The molecule has 3 aliphatic rings. The molecule has 3 aliphatic heterocycles. The maximum absolute atomic E-state index is 10.5. The lowest BCUT2D eigenvalue weighted by Gasteiger charge is -2.29. The minimum absolute atomic E-state index is 0.0666. The van der Waals surface area contributed by atoms with Crippen LogP contribution in [0, 0.1) is 12.8 Å². The van der Waals surface area contributed by atoms with Crippen LogP contribution in [0.1, 0.15) is 5.56 Å². The molecule has 2 fully saturated rings. The summed E-state index contributed by atoms with van der Waals surface area (Å²) in [7, 11) is -4.02. The Morgan fingerprint density at radius 2 is 1.79 bits per heavy atom. The first-order valence-corrected chi connectivity index (χ1v) is 12.1. The predicted octanol–water partition coefficient (Wildman–Crippen LogP) is 2.52. The van der Waals surface area contributed by atoms with Gasteiger partial charge in [0.25, 0.3) is 10.1 Å². The second kappa shape index (κ2) is 8.62. The third-order valence-corrected chi connectivity index (χ3v) is 6.91. The summed E-state index contributed by atoms with van der Waals surface area (Å²) in [4.78, 5) is 2.24. The third kappa shape index (κ3) is 4.63.